The predicted molar refractivity (Wildman–Crippen MR) is 77.2 cm³/mol. The van der Waals surface area contributed by atoms with Crippen molar-refractivity contribution >= 4 is 17.3 Å². The number of nitrogens with zero attached hydrogens (tertiary/aromatic N) is 1. The lowest BCUT2D eigenvalue weighted by Gasteiger charge is -2.12. The van der Waals surface area contributed by atoms with Crippen LogP contribution in [0.15, 0.2) is 42.5 Å². The molecule has 8 heteroatoms. The summed E-state index contributed by atoms with van der Waals surface area (Å²) in [6.45, 7) is 1.30. The van der Waals surface area contributed by atoms with Crippen LogP contribution in [0.5, 0.6) is 0 Å². The van der Waals surface area contributed by atoms with Gasteiger partial charge in [0.25, 0.3) is 11.6 Å². The predicted octanol–water partition coefficient (Wildman–Crippen LogP) is 4.17. The normalized spacial score (nSPS) is 11.1. The first-order valence-corrected chi connectivity index (χ1v) is 6.43. The molecule has 2 rings (SSSR count). The number of anilines is 1. The summed E-state index contributed by atoms with van der Waals surface area (Å²) in [6.07, 6.45) is -4.55. The zero-order valence-electron chi connectivity index (χ0n) is 11.8. The molecular weight excluding hydrogens is 313 g/mol. The van der Waals surface area contributed by atoms with E-state index in [1.165, 1.54) is 37.3 Å². The second-order valence-electron chi connectivity index (χ2n) is 4.76. The average Bonchev–Trinajstić information content (AvgIpc) is 2.48. The third kappa shape index (κ3) is 3.65. The molecule has 0 aliphatic carbocycles. The molecule has 0 heterocycles. The number of para-hydroxylation sites is 1. The van der Waals surface area contributed by atoms with Crippen molar-refractivity contribution in [2.45, 2.75) is 13.1 Å². The second kappa shape index (κ2) is 6.07. The van der Waals surface area contributed by atoms with Gasteiger partial charge in [0.05, 0.1) is 10.5 Å². The summed E-state index contributed by atoms with van der Waals surface area (Å²) in [4.78, 5) is 22.2. The van der Waals surface area contributed by atoms with E-state index in [9.17, 15) is 28.1 Å². The van der Waals surface area contributed by atoms with Gasteiger partial charge in [0.15, 0.2) is 0 Å². The van der Waals surface area contributed by atoms with Gasteiger partial charge in [-0.2, -0.15) is 13.2 Å². The van der Waals surface area contributed by atoms with E-state index in [0.717, 1.165) is 12.1 Å². The first kappa shape index (κ1) is 16.5. The Labute approximate surface area is 128 Å². The van der Waals surface area contributed by atoms with Gasteiger partial charge in [0.2, 0.25) is 0 Å². The number of aryl methyl sites for hydroxylation is 1. The fourth-order valence-corrected chi connectivity index (χ4v) is 2.03. The van der Waals surface area contributed by atoms with E-state index in [-0.39, 0.29) is 16.8 Å². The maximum atomic E-state index is 12.9. The van der Waals surface area contributed by atoms with Crippen molar-refractivity contribution in [2.75, 3.05) is 5.32 Å². The van der Waals surface area contributed by atoms with E-state index in [0.29, 0.717) is 0 Å². The van der Waals surface area contributed by atoms with Gasteiger partial charge < -0.3 is 5.32 Å². The van der Waals surface area contributed by atoms with E-state index in [2.05, 4.69) is 5.32 Å². The van der Waals surface area contributed by atoms with Crippen molar-refractivity contribution in [1.29, 1.82) is 0 Å². The summed E-state index contributed by atoms with van der Waals surface area (Å²) in [5.74, 6) is -0.853. The third-order valence-corrected chi connectivity index (χ3v) is 3.15. The monoisotopic (exact) mass is 324 g/mol. The Hall–Kier alpha value is -2.90. The van der Waals surface area contributed by atoms with Gasteiger partial charge in [-0.15, -0.1) is 0 Å². The highest BCUT2D eigenvalue weighted by Gasteiger charge is 2.32. The van der Waals surface area contributed by atoms with Gasteiger partial charge >= 0.3 is 6.18 Å². The molecule has 2 aromatic rings. The summed E-state index contributed by atoms with van der Waals surface area (Å²) >= 11 is 0. The number of hydrogen-bond donors (Lipinski definition) is 1. The van der Waals surface area contributed by atoms with Crippen molar-refractivity contribution in [3.05, 3.63) is 69.3 Å². The fraction of sp³-hybridized carbons (Fsp3) is 0.133. The number of nitro groups is 1. The van der Waals surface area contributed by atoms with E-state index >= 15 is 0 Å². The van der Waals surface area contributed by atoms with Crippen LogP contribution in [-0.2, 0) is 6.18 Å². The molecule has 23 heavy (non-hydrogen) atoms. The molecular formula is C15H11F3N2O3. The molecule has 0 saturated carbocycles. The van der Waals surface area contributed by atoms with Crippen LogP contribution in [0, 0.1) is 17.0 Å². The standard InChI is InChI=1S/C15H11F3N2O3/c1-9-6-7-10(8-12(9)15(16,17)18)19-14(21)11-4-2-3-5-13(11)20(22)23/h2-8H,1H3,(H,19,21). The van der Waals surface area contributed by atoms with Crippen LogP contribution in [0.3, 0.4) is 0 Å². The highest BCUT2D eigenvalue weighted by atomic mass is 19.4. The number of nitrogens with one attached hydrogen (secondary N) is 1. The number of rotatable bonds is 3. The molecule has 0 saturated heterocycles. The van der Waals surface area contributed by atoms with E-state index in [1.807, 2.05) is 0 Å². The number of amides is 1. The largest absolute Gasteiger partial charge is 0.416 e. The lowest BCUT2D eigenvalue weighted by Crippen LogP contribution is -2.15. The number of carbonyl (C=O) groups excluding carboxylic acids is 1. The van der Waals surface area contributed by atoms with Crippen LogP contribution in [0.2, 0.25) is 0 Å². The van der Waals surface area contributed by atoms with Crippen molar-refractivity contribution in [3.8, 4) is 0 Å². The van der Waals surface area contributed by atoms with Gasteiger partial charge in [0.1, 0.15) is 5.56 Å². The lowest BCUT2D eigenvalue weighted by atomic mass is 10.1. The highest BCUT2D eigenvalue weighted by molar-refractivity contribution is 6.07. The van der Waals surface area contributed by atoms with E-state index in [1.54, 1.807) is 0 Å². The van der Waals surface area contributed by atoms with Gasteiger partial charge in [0, 0.05) is 11.8 Å². The van der Waals surface area contributed by atoms with Gasteiger partial charge in [-0.25, -0.2) is 0 Å². The van der Waals surface area contributed by atoms with Crippen molar-refractivity contribution < 1.29 is 22.9 Å². The van der Waals surface area contributed by atoms with E-state index < -0.39 is 28.3 Å². The number of carbonyl (C=O) groups is 1. The number of alkyl halides is 3. The molecule has 1 N–H and O–H groups in total. The number of nitro benzene ring substituents is 1. The minimum Gasteiger partial charge on any atom is -0.322 e. The van der Waals surface area contributed by atoms with Crippen LogP contribution >= 0.6 is 0 Å². The molecule has 0 aromatic heterocycles. The van der Waals surface area contributed by atoms with Crippen LogP contribution in [-0.4, -0.2) is 10.8 Å². The van der Waals surface area contributed by atoms with Crippen molar-refractivity contribution in [2.24, 2.45) is 0 Å². The smallest absolute Gasteiger partial charge is 0.322 e. The van der Waals surface area contributed by atoms with Crippen LogP contribution in [0.4, 0.5) is 24.5 Å². The molecule has 1 amide bonds. The second-order valence-corrected chi connectivity index (χ2v) is 4.76. The summed E-state index contributed by atoms with van der Waals surface area (Å²) < 4.78 is 38.6. The Balaban J connectivity index is 2.34. The number of benzene rings is 2. The molecule has 120 valence electrons. The molecule has 0 bridgehead atoms. The number of halogens is 3. The quantitative estimate of drug-likeness (QED) is 0.680. The maximum absolute atomic E-state index is 12.9. The Morgan fingerprint density at radius 3 is 2.43 bits per heavy atom. The lowest BCUT2D eigenvalue weighted by molar-refractivity contribution is -0.385. The van der Waals surface area contributed by atoms with Crippen molar-refractivity contribution in [1.82, 2.24) is 0 Å². The SMILES string of the molecule is Cc1ccc(NC(=O)c2ccccc2[N+](=O)[O-])cc1C(F)(F)F. The Morgan fingerprint density at radius 1 is 1.17 bits per heavy atom. The Bertz CT molecular complexity index is 773. The average molecular weight is 324 g/mol. The Morgan fingerprint density at radius 2 is 1.83 bits per heavy atom. The van der Waals surface area contributed by atoms with Gasteiger partial charge in [-0.05, 0) is 30.7 Å². The molecule has 2 aromatic carbocycles. The van der Waals surface area contributed by atoms with E-state index in [4.69, 9.17) is 0 Å². The minimum absolute atomic E-state index is 0.0150. The zero-order chi connectivity index (χ0) is 17.2. The maximum Gasteiger partial charge on any atom is 0.416 e. The van der Waals surface area contributed by atoms with Crippen molar-refractivity contribution in [3.63, 3.8) is 0 Å². The first-order chi connectivity index (χ1) is 10.7. The van der Waals surface area contributed by atoms with Gasteiger partial charge in [-0.3, -0.25) is 14.9 Å². The third-order valence-electron chi connectivity index (χ3n) is 3.15. The Kier molecular flexibility index (Phi) is 4.35. The molecule has 0 atom stereocenters. The molecule has 0 aliphatic rings. The molecule has 0 spiro atoms. The van der Waals surface area contributed by atoms with Crippen LogP contribution in [0.1, 0.15) is 21.5 Å². The topological polar surface area (TPSA) is 72.2 Å². The summed E-state index contributed by atoms with van der Waals surface area (Å²) in [6, 6.07) is 8.51. The molecule has 0 radical (unpaired) electrons. The molecule has 0 fully saturated rings. The van der Waals surface area contributed by atoms with Crippen LogP contribution < -0.4 is 5.32 Å². The first-order valence-electron chi connectivity index (χ1n) is 6.43. The molecule has 0 unspecified atom stereocenters. The fourth-order valence-electron chi connectivity index (χ4n) is 2.03. The van der Waals surface area contributed by atoms with Crippen LogP contribution in [0.25, 0.3) is 0 Å². The molecule has 5 nitrogen and oxygen atoms in total. The minimum atomic E-state index is -4.55. The summed E-state index contributed by atoms with van der Waals surface area (Å²) in [5, 5.41) is 13.1. The highest BCUT2D eigenvalue weighted by Crippen LogP contribution is 2.33. The summed E-state index contributed by atoms with van der Waals surface area (Å²) in [5.41, 5.74) is -1.61. The summed E-state index contributed by atoms with van der Waals surface area (Å²) in [7, 11) is 0. The zero-order valence-corrected chi connectivity index (χ0v) is 11.8. The van der Waals surface area contributed by atoms with Gasteiger partial charge in [-0.1, -0.05) is 18.2 Å². The molecule has 0 aliphatic heterocycles. The number of hydrogen-bond acceptors (Lipinski definition) is 3.